The molecule has 0 saturated heterocycles. The Morgan fingerprint density at radius 1 is 1.06 bits per heavy atom. The summed E-state index contributed by atoms with van der Waals surface area (Å²) in [5, 5.41) is 14.8. The van der Waals surface area contributed by atoms with Crippen LogP contribution in [0.1, 0.15) is 62.5 Å². The van der Waals surface area contributed by atoms with Gasteiger partial charge in [-0.3, -0.25) is 9.59 Å². The molecule has 2 aliphatic rings. The average Bonchev–Trinajstić information content (AvgIpc) is 3.10. The minimum absolute atomic E-state index is 0.0232. The van der Waals surface area contributed by atoms with E-state index in [9.17, 15) is 14.4 Å². The van der Waals surface area contributed by atoms with E-state index < -0.39 is 23.5 Å². The van der Waals surface area contributed by atoms with Crippen molar-refractivity contribution in [1.29, 1.82) is 0 Å². The molecule has 0 aromatic heterocycles. The molecule has 0 aliphatic heterocycles. The number of carboxylic acids is 1. The molecule has 3 N–H and O–H groups in total. The lowest BCUT2D eigenvalue weighted by molar-refractivity contribution is -0.139. The number of aliphatic carboxylic acids is 1. The molecule has 0 spiro atoms. The Hall–Kier alpha value is -3.35. The number of rotatable bonds is 10. The highest BCUT2D eigenvalue weighted by Crippen LogP contribution is 2.44. The average molecular weight is 465 g/mol. The first-order valence-corrected chi connectivity index (χ1v) is 12.0. The number of carbonyl (C=O) groups excluding carboxylic acids is 2. The molecule has 2 aromatic rings. The van der Waals surface area contributed by atoms with Crippen LogP contribution in [0.2, 0.25) is 0 Å². The monoisotopic (exact) mass is 464 g/mol. The lowest BCUT2D eigenvalue weighted by atomic mass is 9.68. The fourth-order valence-corrected chi connectivity index (χ4v) is 5.10. The van der Waals surface area contributed by atoms with E-state index in [1.165, 1.54) is 11.1 Å². The van der Waals surface area contributed by atoms with Crippen molar-refractivity contribution < 1.29 is 24.2 Å². The van der Waals surface area contributed by atoms with Crippen molar-refractivity contribution in [2.75, 3.05) is 13.2 Å². The van der Waals surface area contributed by atoms with Crippen LogP contribution in [-0.4, -0.2) is 42.3 Å². The Labute approximate surface area is 199 Å². The molecule has 0 bridgehead atoms. The van der Waals surface area contributed by atoms with Gasteiger partial charge in [0.1, 0.15) is 6.61 Å². The Kier molecular flexibility index (Phi) is 7.20. The summed E-state index contributed by atoms with van der Waals surface area (Å²) in [5.74, 6) is -1.14. The summed E-state index contributed by atoms with van der Waals surface area (Å²) >= 11 is 0. The topological polar surface area (TPSA) is 105 Å². The summed E-state index contributed by atoms with van der Waals surface area (Å²) in [7, 11) is 0. The smallest absolute Gasteiger partial charge is 0.407 e. The fourth-order valence-electron chi connectivity index (χ4n) is 5.10. The van der Waals surface area contributed by atoms with Gasteiger partial charge in [-0.15, -0.1) is 0 Å². The third-order valence-corrected chi connectivity index (χ3v) is 7.10. The van der Waals surface area contributed by atoms with Gasteiger partial charge in [-0.1, -0.05) is 68.3 Å². The van der Waals surface area contributed by atoms with E-state index >= 15 is 0 Å². The molecular weight excluding hydrogens is 432 g/mol. The van der Waals surface area contributed by atoms with Crippen LogP contribution in [0.15, 0.2) is 48.5 Å². The molecule has 34 heavy (non-hydrogen) atoms. The molecule has 7 heteroatoms. The number of benzene rings is 2. The molecule has 0 heterocycles. The van der Waals surface area contributed by atoms with Crippen LogP contribution in [0, 0.1) is 5.41 Å². The minimum Gasteiger partial charge on any atom is -0.481 e. The van der Waals surface area contributed by atoms with E-state index in [1.807, 2.05) is 31.2 Å². The number of nitrogens with one attached hydrogen (secondary N) is 2. The molecule has 2 amide bonds. The molecule has 2 aliphatic carbocycles. The van der Waals surface area contributed by atoms with Crippen molar-refractivity contribution >= 4 is 18.0 Å². The first-order valence-electron chi connectivity index (χ1n) is 12.0. The Bertz CT molecular complexity index is 1020. The minimum atomic E-state index is -0.932. The number of carboxylic acid groups (broad SMARTS) is 1. The summed E-state index contributed by atoms with van der Waals surface area (Å²) in [6, 6.07) is 15.9. The number of carbonyl (C=O) groups is 3. The summed E-state index contributed by atoms with van der Waals surface area (Å²) in [4.78, 5) is 36.7. The molecule has 2 aromatic carbocycles. The number of alkyl carbamates (subject to hydrolysis) is 1. The van der Waals surface area contributed by atoms with Gasteiger partial charge in [0.15, 0.2) is 0 Å². The highest BCUT2D eigenvalue weighted by atomic mass is 16.5. The van der Waals surface area contributed by atoms with E-state index in [4.69, 9.17) is 9.84 Å². The van der Waals surface area contributed by atoms with Gasteiger partial charge in [0.25, 0.3) is 0 Å². The summed E-state index contributed by atoms with van der Waals surface area (Å²) in [5.41, 5.74) is 3.93. The lowest BCUT2D eigenvalue weighted by Crippen LogP contribution is -2.54. The van der Waals surface area contributed by atoms with Gasteiger partial charge in [-0.25, -0.2) is 4.79 Å². The van der Waals surface area contributed by atoms with Gasteiger partial charge in [0.2, 0.25) is 5.91 Å². The maximum Gasteiger partial charge on any atom is 0.407 e. The Morgan fingerprint density at radius 2 is 1.68 bits per heavy atom. The normalized spacial score (nSPS) is 16.5. The second-order valence-corrected chi connectivity index (χ2v) is 9.37. The fraction of sp³-hybridized carbons (Fsp3) is 0.444. The second kappa shape index (κ2) is 10.3. The Balaban J connectivity index is 1.34. The first-order chi connectivity index (χ1) is 16.4. The van der Waals surface area contributed by atoms with Crippen LogP contribution in [0.5, 0.6) is 0 Å². The third kappa shape index (κ3) is 4.93. The summed E-state index contributed by atoms with van der Waals surface area (Å²) < 4.78 is 5.60. The van der Waals surface area contributed by atoms with E-state index in [0.29, 0.717) is 19.3 Å². The zero-order valence-electron chi connectivity index (χ0n) is 19.5. The summed E-state index contributed by atoms with van der Waals surface area (Å²) in [6.45, 7) is 2.36. The van der Waals surface area contributed by atoms with E-state index in [0.717, 1.165) is 24.0 Å². The van der Waals surface area contributed by atoms with Gasteiger partial charge in [0.05, 0.1) is 11.8 Å². The first kappa shape index (κ1) is 23.8. The summed E-state index contributed by atoms with van der Waals surface area (Å²) in [6.07, 6.45) is 2.96. The molecule has 1 atom stereocenters. The molecule has 180 valence electrons. The third-order valence-electron chi connectivity index (χ3n) is 7.10. The molecule has 0 radical (unpaired) electrons. The largest absolute Gasteiger partial charge is 0.481 e. The van der Waals surface area contributed by atoms with Crippen molar-refractivity contribution in [2.45, 2.75) is 57.4 Å². The van der Waals surface area contributed by atoms with Crippen molar-refractivity contribution in [1.82, 2.24) is 10.6 Å². The molecular formula is C27H32N2O5. The highest BCUT2D eigenvalue weighted by Gasteiger charge is 2.45. The molecule has 1 saturated carbocycles. The van der Waals surface area contributed by atoms with E-state index in [2.05, 4.69) is 34.9 Å². The van der Waals surface area contributed by atoms with Gasteiger partial charge in [-0.05, 0) is 41.5 Å². The van der Waals surface area contributed by atoms with Gasteiger partial charge in [0, 0.05) is 18.5 Å². The van der Waals surface area contributed by atoms with Crippen molar-refractivity contribution in [2.24, 2.45) is 5.41 Å². The predicted molar refractivity (Wildman–Crippen MR) is 128 cm³/mol. The second-order valence-electron chi connectivity index (χ2n) is 9.37. The van der Waals surface area contributed by atoms with Crippen LogP contribution in [-0.2, 0) is 14.3 Å². The molecule has 7 nitrogen and oxygen atoms in total. The van der Waals surface area contributed by atoms with Crippen LogP contribution in [0.4, 0.5) is 4.79 Å². The zero-order chi connectivity index (χ0) is 24.1. The SMILES string of the molecule is CCCC(CC(=O)O)NC(=O)C1(CNC(=O)OCC2c3ccccc3-c3ccccc32)CCC1. The number of amides is 2. The van der Waals surface area contributed by atoms with Crippen LogP contribution >= 0.6 is 0 Å². The number of hydrogen-bond donors (Lipinski definition) is 3. The molecule has 4 rings (SSSR count). The van der Waals surface area contributed by atoms with Gasteiger partial charge >= 0.3 is 12.1 Å². The zero-order valence-corrected chi connectivity index (χ0v) is 19.5. The number of ether oxygens (including phenoxy) is 1. The highest BCUT2D eigenvalue weighted by molar-refractivity contribution is 5.85. The van der Waals surface area contributed by atoms with Gasteiger partial charge in [-0.2, -0.15) is 0 Å². The molecule has 1 unspecified atom stereocenters. The number of hydrogen-bond acceptors (Lipinski definition) is 4. The van der Waals surface area contributed by atoms with Crippen LogP contribution in [0.25, 0.3) is 11.1 Å². The predicted octanol–water partition coefficient (Wildman–Crippen LogP) is 4.46. The van der Waals surface area contributed by atoms with E-state index in [1.54, 1.807) is 0 Å². The lowest BCUT2D eigenvalue weighted by Gasteiger charge is -2.41. The maximum atomic E-state index is 13.0. The molecule has 1 fully saturated rings. The van der Waals surface area contributed by atoms with Gasteiger partial charge < -0.3 is 20.5 Å². The quantitative estimate of drug-likeness (QED) is 0.482. The van der Waals surface area contributed by atoms with Crippen LogP contribution in [0.3, 0.4) is 0 Å². The van der Waals surface area contributed by atoms with Crippen molar-refractivity contribution in [3.8, 4) is 11.1 Å². The Morgan fingerprint density at radius 3 is 2.21 bits per heavy atom. The maximum absolute atomic E-state index is 13.0. The van der Waals surface area contributed by atoms with Crippen molar-refractivity contribution in [3.63, 3.8) is 0 Å². The van der Waals surface area contributed by atoms with Crippen molar-refractivity contribution in [3.05, 3.63) is 59.7 Å². The van der Waals surface area contributed by atoms with E-state index in [-0.39, 0.29) is 31.4 Å². The standard InChI is InChI=1S/C27H32N2O5/c1-2-8-18(15-24(30)31)29-25(32)27(13-7-14-27)17-28-26(33)34-16-23-21-11-5-3-9-19(21)20-10-4-6-12-22(20)23/h3-6,9-12,18,23H,2,7-8,13-17H2,1H3,(H,28,33)(H,29,32)(H,30,31). The number of fused-ring (bicyclic) bond motifs is 3. The van der Waals surface area contributed by atoms with Crippen LogP contribution < -0.4 is 10.6 Å².